The minimum Gasteiger partial charge on any atom is -0.390 e. The van der Waals surface area contributed by atoms with Crippen molar-refractivity contribution in [2.45, 2.75) is 6.92 Å². The van der Waals surface area contributed by atoms with E-state index in [1.165, 1.54) is 11.1 Å². The van der Waals surface area contributed by atoms with Gasteiger partial charge in [-0.1, -0.05) is 12.1 Å². The predicted octanol–water partition coefficient (Wildman–Crippen LogP) is 1.34. The number of hydrogen-bond donors (Lipinski definition) is 1. The summed E-state index contributed by atoms with van der Waals surface area (Å²) in [5, 5.41) is 2.90. The molecule has 1 N–H and O–H groups in total. The lowest BCUT2D eigenvalue weighted by Crippen LogP contribution is -2.37. The smallest absolute Gasteiger partial charge is 0.263 e. The molecule has 0 bridgehead atoms. The number of Topliss-reactive ketones (excluding diaryl/α,β-unsaturated/α-hetero) is 1. The van der Waals surface area contributed by atoms with Gasteiger partial charge in [0.1, 0.15) is 5.57 Å². The molecule has 0 saturated heterocycles. The summed E-state index contributed by atoms with van der Waals surface area (Å²) < 4.78 is 0. The fourth-order valence-electron chi connectivity index (χ4n) is 1.82. The van der Waals surface area contributed by atoms with Crippen LogP contribution < -0.4 is 10.2 Å². The van der Waals surface area contributed by atoms with Crippen molar-refractivity contribution < 1.29 is 9.59 Å². The quantitative estimate of drug-likeness (QED) is 0.616. The van der Waals surface area contributed by atoms with E-state index < -0.39 is 0 Å². The molecule has 0 saturated carbocycles. The number of anilines is 1. The van der Waals surface area contributed by atoms with Gasteiger partial charge in [0.25, 0.3) is 5.91 Å². The number of nitrogens with one attached hydrogen (secondary N) is 1. The van der Waals surface area contributed by atoms with Gasteiger partial charge in [0, 0.05) is 25.4 Å². The zero-order valence-corrected chi connectivity index (χ0v) is 9.86. The van der Waals surface area contributed by atoms with Crippen LogP contribution in [0.15, 0.2) is 36.0 Å². The van der Waals surface area contributed by atoms with Crippen LogP contribution in [0.4, 0.5) is 5.69 Å². The Hall–Kier alpha value is -2.10. The number of para-hydroxylation sites is 1. The highest BCUT2D eigenvalue weighted by atomic mass is 16.2. The average molecular weight is 230 g/mol. The topological polar surface area (TPSA) is 49.4 Å². The second kappa shape index (κ2) is 4.41. The highest BCUT2D eigenvalue weighted by Gasteiger charge is 2.32. The molecule has 0 spiro atoms. The number of amides is 1. The van der Waals surface area contributed by atoms with Crippen LogP contribution in [0.25, 0.3) is 0 Å². The van der Waals surface area contributed by atoms with Gasteiger partial charge < -0.3 is 10.2 Å². The van der Waals surface area contributed by atoms with Crippen LogP contribution in [0.5, 0.6) is 0 Å². The number of carbonyl (C=O) groups is 2. The van der Waals surface area contributed by atoms with Gasteiger partial charge in [0.15, 0.2) is 0 Å². The molecule has 0 aliphatic carbocycles. The summed E-state index contributed by atoms with van der Waals surface area (Å²) in [5.41, 5.74) is 1.42. The van der Waals surface area contributed by atoms with Crippen molar-refractivity contribution in [3.63, 3.8) is 0 Å². The van der Waals surface area contributed by atoms with E-state index in [0.29, 0.717) is 17.8 Å². The second-order valence-electron chi connectivity index (χ2n) is 3.83. The first kappa shape index (κ1) is 11.4. The Balaban J connectivity index is 2.51. The Kier molecular flexibility index (Phi) is 2.95. The van der Waals surface area contributed by atoms with Crippen molar-refractivity contribution in [1.29, 1.82) is 0 Å². The number of likely N-dealkylation sites (N-methyl/N-ethyl adjacent to an activating group) is 1. The lowest BCUT2D eigenvalue weighted by atomic mass is 9.96. The van der Waals surface area contributed by atoms with Crippen LogP contribution in [-0.2, 0) is 4.79 Å². The summed E-state index contributed by atoms with van der Waals surface area (Å²) in [6, 6.07) is 7.12. The normalized spacial score (nSPS) is 17.3. The minimum absolute atomic E-state index is 0.188. The number of ketones is 1. The molecule has 1 aliphatic rings. The van der Waals surface area contributed by atoms with E-state index in [9.17, 15) is 9.59 Å². The predicted molar refractivity (Wildman–Crippen MR) is 65.9 cm³/mol. The number of benzene rings is 1. The SMILES string of the molecule is CCNC=C1C(=O)c2ccccc2N(C)C1=O. The van der Waals surface area contributed by atoms with E-state index in [2.05, 4.69) is 5.32 Å². The van der Waals surface area contributed by atoms with E-state index in [-0.39, 0.29) is 17.3 Å². The molecule has 0 atom stereocenters. The minimum atomic E-state index is -0.269. The number of fused-ring (bicyclic) bond motifs is 1. The molecule has 88 valence electrons. The summed E-state index contributed by atoms with van der Waals surface area (Å²) in [6.07, 6.45) is 1.50. The van der Waals surface area contributed by atoms with Gasteiger partial charge in [-0.15, -0.1) is 0 Å². The van der Waals surface area contributed by atoms with Crippen LogP contribution in [-0.4, -0.2) is 25.3 Å². The summed E-state index contributed by atoms with van der Waals surface area (Å²) in [5.74, 6) is -0.487. The lowest BCUT2D eigenvalue weighted by molar-refractivity contribution is -0.114. The third kappa shape index (κ3) is 1.82. The van der Waals surface area contributed by atoms with Gasteiger partial charge in [-0.05, 0) is 19.1 Å². The fraction of sp³-hybridized carbons (Fsp3) is 0.231. The van der Waals surface area contributed by atoms with Gasteiger partial charge in [0.05, 0.1) is 5.69 Å². The third-order valence-corrected chi connectivity index (χ3v) is 2.74. The van der Waals surface area contributed by atoms with Crippen molar-refractivity contribution in [3.05, 3.63) is 41.6 Å². The maximum absolute atomic E-state index is 12.1. The molecule has 1 aromatic rings. The molecule has 0 aromatic heterocycles. The highest BCUT2D eigenvalue weighted by Crippen LogP contribution is 2.28. The monoisotopic (exact) mass is 230 g/mol. The molecule has 0 fully saturated rings. The molecular formula is C13H14N2O2. The van der Waals surface area contributed by atoms with Crippen LogP contribution in [0, 0.1) is 0 Å². The second-order valence-corrected chi connectivity index (χ2v) is 3.83. The summed E-state index contributed by atoms with van der Waals surface area (Å²) >= 11 is 0. The van der Waals surface area contributed by atoms with E-state index in [1.807, 2.05) is 13.0 Å². The average Bonchev–Trinajstić information content (AvgIpc) is 2.36. The van der Waals surface area contributed by atoms with E-state index in [4.69, 9.17) is 0 Å². The van der Waals surface area contributed by atoms with E-state index in [0.717, 1.165) is 0 Å². The number of nitrogens with zero attached hydrogens (tertiary/aromatic N) is 1. The highest BCUT2D eigenvalue weighted by molar-refractivity contribution is 6.34. The Morgan fingerprint density at radius 2 is 2.00 bits per heavy atom. The first-order valence-electron chi connectivity index (χ1n) is 5.52. The Bertz CT molecular complexity index is 506. The summed E-state index contributed by atoms with van der Waals surface area (Å²) in [6.45, 7) is 2.59. The molecule has 1 aromatic carbocycles. The Morgan fingerprint density at radius 1 is 1.29 bits per heavy atom. The third-order valence-electron chi connectivity index (χ3n) is 2.74. The zero-order valence-electron chi connectivity index (χ0n) is 9.86. The molecule has 0 unspecified atom stereocenters. The summed E-state index contributed by atoms with van der Waals surface area (Å²) in [7, 11) is 1.67. The van der Waals surface area contributed by atoms with Crippen molar-refractivity contribution in [3.8, 4) is 0 Å². The molecule has 17 heavy (non-hydrogen) atoms. The maximum Gasteiger partial charge on any atom is 0.263 e. The number of carbonyl (C=O) groups excluding carboxylic acids is 2. The number of rotatable bonds is 2. The number of hydrogen-bond acceptors (Lipinski definition) is 3. The van der Waals surface area contributed by atoms with Gasteiger partial charge in [-0.2, -0.15) is 0 Å². The zero-order chi connectivity index (χ0) is 12.4. The molecule has 2 rings (SSSR count). The van der Waals surface area contributed by atoms with Crippen molar-refractivity contribution in [1.82, 2.24) is 5.32 Å². The lowest BCUT2D eigenvalue weighted by Gasteiger charge is -2.26. The fourth-order valence-corrected chi connectivity index (χ4v) is 1.82. The summed E-state index contributed by atoms with van der Waals surface area (Å²) in [4.78, 5) is 25.6. The van der Waals surface area contributed by atoms with Crippen molar-refractivity contribution >= 4 is 17.4 Å². The molecule has 1 amide bonds. The van der Waals surface area contributed by atoms with Crippen LogP contribution in [0.2, 0.25) is 0 Å². The maximum atomic E-state index is 12.1. The standard InChI is InChI=1S/C13H14N2O2/c1-3-14-8-10-12(16)9-6-4-5-7-11(9)15(2)13(10)17/h4-8,14H,3H2,1-2H3. The van der Waals surface area contributed by atoms with E-state index in [1.54, 1.807) is 25.2 Å². The van der Waals surface area contributed by atoms with Gasteiger partial charge in [-0.3, -0.25) is 9.59 Å². The molecule has 4 nitrogen and oxygen atoms in total. The van der Waals surface area contributed by atoms with Gasteiger partial charge in [-0.25, -0.2) is 0 Å². The molecule has 0 radical (unpaired) electrons. The van der Waals surface area contributed by atoms with Gasteiger partial charge >= 0.3 is 0 Å². The van der Waals surface area contributed by atoms with Crippen LogP contribution >= 0.6 is 0 Å². The van der Waals surface area contributed by atoms with E-state index >= 15 is 0 Å². The molecule has 1 heterocycles. The molecular weight excluding hydrogens is 216 g/mol. The Labute approximate surface area is 99.9 Å². The van der Waals surface area contributed by atoms with Crippen molar-refractivity contribution in [2.75, 3.05) is 18.5 Å². The largest absolute Gasteiger partial charge is 0.390 e. The molecule has 1 aliphatic heterocycles. The first-order chi connectivity index (χ1) is 8.16. The first-order valence-corrected chi connectivity index (χ1v) is 5.52. The molecule has 4 heteroatoms. The van der Waals surface area contributed by atoms with Crippen LogP contribution in [0.1, 0.15) is 17.3 Å². The van der Waals surface area contributed by atoms with Crippen molar-refractivity contribution in [2.24, 2.45) is 0 Å². The van der Waals surface area contributed by atoms with Crippen LogP contribution in [0.3, 0.4) is 0 Å². The Morgan fingerprint density at radius 3 is 2.71 bits per heavy atom. The van der Waals surface area contributed by atoms with Gasteiger partial charge in [0.2, 0.25) is 5.78 Å².